The third-order valence-electron chi connectivity index (χ3n) is 12.5. The van der Waals surface area contributed by atoms with Crippen molar-refractivity contribution in [2.45, 2.75) is 87.8 Å². The highest BCUT2D eigenvalue weighted by Crippen LogP contribution is 2.35. The van der Waals surface area contributed by atoms with Crippen molar-refractivity contribution in [3.63, 3.8) is 0 Å². The molecule has 15 heteroatoms. The van der Waals surface area contributed by atoms with Crippen LogP contribution in [0.1, 0.15) is 75.7 Å². The van der Waals surface area contributed by atoms with Gasteiger partial charge in [-0.25, -0.2) is 18.7 Å². The maximum absolute atomic E-state index is 15.3. The Morgan fingerprint density at radius 2 is 1.64 bits per heavy atom. The summed E-state index contributed by atoms with van der Waals surface area (Å²) < 4.78 is 31.7. The lowest BCUT2D eigenvalue weighted by Crippen LogP contribution is -2.54. The van der Waals surface area contributed by atoms with Crippen molar-refractivity contribution in [2.75, 3.05) is 43.4 Å². The predicted molar refractivity (Wildman–Crippen MR) is 218 cm³/mol. The second-order valence-corrected chi connectivity index (χ2v) is 16.5. The van der Waals surface area contributed by atoms with Gasteiger partial charge >= 0.3 is 0 Å². The predicted octanol–water partition coefficient (Wildman–Crippen LogP) is 4.99. The minimum Gasteiger partial charge on any atom is -0.388 e. The van der Waals surface area contributed by atoms with E-state index in [-0.39, 0.29) is 53.2 Å². The molecular formula is C44H50F2N8O5. The summed E-state index contributed by atoms with van der Waals surface area (Å²) in [5.41, 5.74) is 1.31. The first-order valence-corrected chi connectivity index (χ1v) is 20.7. The molecule has 310 valence electrons. The van der Waals surface area contributed by atoms with Crippen LogP contribution in [0.4, 0.5) is 20.4 Å². The van der Waals surface area contributed by atoms with Crippen molar-refractivity contribution in [1.29, 1.82) is 0 Å². The molecule has 3 amide bonds. The fourth-order valence-corrected chi connectivity index (χ4v) is 9.11. The summed E-state index contributed by atoms with van der Waals surface area (Å²) in [7, 11) is 0. The van der Waals surface area contributed by atoms with Crippen LogP contribution in [0, 0.1) is 17.6 Å². The molecule has 0 spiro atoms. The smallest absolute Gasteiger partial charge is 0.255 e. The Kier molecular flexibility index (Phi) is 11.8. The van der Waals surface area contributed by atoms with Gasteiger partial charge in [0.1, 0.15) is 17.6 Å². The number of nitrogens with one attached hydrogen (secondary N) is 3. The van der Waals surface area contributed by atoms with Crippen molar-refractivity contribution < 1.29 is 28.3 Å². The molecule has 1 saturated carbocycles. The second kappa shape index (κ2) is 17.4. The van der Waals surface area contributed by atoms with Crippen LogP contribution >= 0.6 is 0 Å². The number of benzene rings is 2. The average molecular weight is 809 g/mol. The summed E-state index contributed by atoms with van der Waals surface area (Å²) in [6.07, 6.45) is 8.82. The van der Waals surface area contributed by atoms with Gasteiger partial charge in [0.2, 0.25) is 23.7 Å². The molecule has 1 atom stereocenters. The van der Waals surface area contributed by atoms with Crippen molar-refractivity contribution >= 4 is 29.4 Å². The van der Waals surface area contributed by atoms with Gasteiger partial charge < -0.3 is 25.5 Å². The van der Waals surface area contributed by atoms with Crippen molar-refractivity contribution in [2.24, 2.45) is 5.92 Å². The fraction of sp³-hybridized carbons (Fsp3) is 0.455. The Bertz CT molecular complexity index is 2250. The van der Waals surface area contributed by atoms with Crippen LogP contribution in [0.25, 0.3) is 16.9 Å². The first-order valence-electron chi connectivity index (χ1n) is 20.7. The van der Waals surface area contributed by atoms with E-state index in [1.165, 1.54) is 16.7 Å². The first-order chi connectivity index (χ1) is 28.5. The lowest BCUT2D eigenvalue weighted by molar-refractivity contribution is -0.141. The molecule has 3 aliphatic heterocycles. The van der Waals surface area contributed by atoms with E-state index in [9.17, 15) is 28.7 Å². The average Bonchev–Trinajstić information content (AvgIpc) is 3.23. The fourth-order valence-electron chi connectivity index (χ4n) is 9.11. The Morgan fingerprint density at radius 3 is 2.37 bits per heavy atom. The summed E-state index contributed by atoms with van der Waals surface area (Å²) >= 11 is 0. The third-order valence-corrected chi connectivity index (χ3v) is 12.5. The number of nitrogens with zero attached hydrogens (tertiary/aromatic N) is 5. The zero-order valence-corrected chi connectivity index (χ0v) is 32.9. The van der Waals surface area contributed by atoms with Crippen LogP contribution in [-0.4, -0.2) is 97.6 Å². The lowest BCUT2D eigenvalue weighted by Gasteiger charge is -2.43. The molecule has 13 nitrogen and oxygen atoms in total. The molecule has 4 aromatic rings. The number of β-amino-alcohol motifs (C(OH)–C–C–N with tert-alkyl or cyclic N) is 1. The van der Waals surface area contributed by atoms with Gasteiger partial charge in [-0.15, -0.1) is 0 Å². The molecular weight excluding hydrogens is 759 g/mol. The van der Waals surface area contributed by atoms with E-state index in [1.54, 1.807) is 54.7 Å². The number of hydrogen-bond acceptors (Lipinski definition) is 10. The zero-order valence-electron chi connectivity index (χ0n) is 32.9. The number of piperidine rings is 3. The number of imide groups is 1. The number of carbonyl (C=O) groups excluding carboxylic acids is 3. The molecule has 3 saturated heterocycles. The highest BCUT2D eigenvalue weighted by atomic mass is 19.1. The summed E-state index contributed by atoms with van der Waals surface area (Å²) in [6, 6.07) is 16.3. The van der Waals surface area contributed by atoms with E-state index in [0.29, 0.717) is 80.2 Å². The Labute approximate surface area is 341 Å². The van der Waals surface area contributed by atoms with E-state index in [4.69, 9.17) is 0 Å². The zero-order chi connectivity index (χ0) is 41.1. The second-order valence-electron chi connectivity index (χ2n) is 16.5. The highest BCUT2D eigenvalue weighted by molar-refractivity contribution is 6.01. The number of anilines is 2. The molecule has 8 rings (SSSR count). The van der Waals surface area contributed by atoms with Gasteiger partial charge in [-0.05, 0) is 113 Å². The van der Waals surface area contributed by atoms with E-state index in [1.807, 2.05) is 4.90 Å². The van der Waals surface area contributed by atoms with E-state index in [2.05, 4.69) is 30.8 Å². The Balaban J connectivity index is 0.776. The number of aromatic nitrogens is 3. The maximum Gasteiger partial charge on any atom is 0.255 e. The molecule has 4 aliphatic rings. The molecule has 0 bridgehead atoms. The number of carbonyl (C=O) groups is 3. The Hall–Kier alpha value is -5.54. The van der Waals surface area contributed by atoms with Crippen LogP contribution in [0.5, 0.6) is 0 Å². The number of rotatable bonds is 10. The molecule has 5 heterocycles. The number of amides is 3. The number of pyridine rings is 1. The van der Waals surface area contributed by atoms with Crippen LogP contribution in [0.3, 0.4) is 0 Å². The number of likely N-dealkylation sites (tertiary alicyclic amines) is 2. The normalized spacial score (nSPS) is 22.8. The highest BCUT2D eigenvalue weighted by Gasteiger charge is 2.39. The monoisotopic (exact) mass is 808 g/mol. The first kappa shape index (κ1) is 40.2. The summed E-state index contributed by atoms with van der Waals surface area (Å²) in [5, 5.41) is 20.3. The molecule has 2 aromatic carbocycles. The van der Waals surface area contributed by atoms with Crippen LogP contribution in [0.2, 0.25) is 0 Å². The third kappa shape index (κ3) is 9.36. The molecule has 4 fully saturated rings. The topological polar surface area (TPSA) is 162 Å². The van der Waals surface area contributed by atoms with Gasteiger partial charge in [-0.3, -0.25) is 29.1 Å². The van der Waals surface area contributed by atoms with Crippen LogP contribution in [-0.2, 0) is 14.4 Å². The molecule has 4 N–H and O–H groups in total. The van der Waals surface area contributed by atoms with Gasteiger partial charge in [0.05, 0.1) is 11.8 Å². The van der Waals surface area contributed by atoms with Gasteiger partial charge in [0, 0.05) is 67.2 Å². The van der Waals surface area contributed by atoms with Crippen molar-refractivity contribution in [3.05, 3.63) is 101 Å². The SMILES string of the molecule is O=C1CCC(Nc2ccc(C3CCN(CC4(O)CCN(C(=O)C5CCC(Nc6ncc(F)c(-c7cccc(-n8ccccc8=O)c7)n6)CC5)CC4)CC3)c(F)c2)C(=O)N1. The molecule has 1 aliphatic carbocycles. The largest absolute Gasteiger partial charge is 0.388 e. The maximum atomic E-state index is 15.3. The van der Waals surface area contributed by atoms with Crippen molar-refractivity contribution in [1.82, 2.24) is 29.7 Å². The minimum absolute atomic E-state index is 0.0278. The lowest BCUT2D eigenvalue weighted by atomic mass is 9.83. The van der Waals surface area contributed by atoms with Gasteiger partial charge in [0.25, 0.3) is 5.56 Å². The number of halogens is 2. The Morgan fingerprint density at radius 1 is 0.864 bits per heavy atom. The number of hydrogen-bond donors (Lipinski definition) is 4. The molecule has 0 radical (unpaired) electrons. The molecule has 2 aromatic heterocycles. The van der Waals surface area contributed by atoms with E-state index >= 15 is 4.39 Å². The minimum atomic E-state index is -0.894. The summed E-state index contributed by atoms with van der Waals surface area (Å²) in [5.74, 6) is -1.20. The summed E-state index contributed by atoms with van der Waals surface area (Å²) in [4.78, 5) is 62.4. The van der Waals surface area contributed by atoms with Gasteiger partial charge in [0.15, 0.2) is 5.82 Å². The quantitative estimate of drug-likeness (QED) is 0.161. The molecule has 59 heavy (non-hydrogen) atoms. The van der Waals surface area contributed by atoms with Crippen LogP contribution < -0.4 is 21.5 Å². The van der Waals surface area contributed by atoms with Gasteiger partial charge in [-0.2, -0.15) is 0 Å². The van der Waals surface area contributed by atoms with Gasteiger partial charge in [-0.1, -0.05) is 24.3 Å². The van der Waals surface area contributed by atoms with Crippen LogP contribution in [0.15, 0.2) is 77.9 Å². The van der Waals surface area contributed by atoms with Crippen molar-refractivity contribution in [3.8, 4) is 16.9 Å². The molecule has 1 unspecified atom stereocenters. The summed E-state index contributed by atoms with van der Waals surface area (Å²) in [6.45, 7) is 2.98. The standard InChI is InChI=1S/C44H50F2N8O5/c45-35-25-32(48-37-13-14-38(55)50-41(37)57)11-12-34(35)28-15-20-52(21-16-28)27-44(59)17-22-53(23-18-44)42(58)29-7-9-31(10-8-29)49-43-47-26-36(46)40(51-43)30-4-3-5-33(24-30)54-19-2-1-6-39(54)56/h1-6,11-12,19,24-26,28-29,31,37,48,59H,7-10,13-18,20-23,27H2,(H,47,49,51)(H,50,55,57). The number of aliphatic hydroxyl groups is 1. The van der Waals surface area contributed by atoms with E-state index in [0.717, 1.165) is 45.0 Å². The van der Waals surface area contributed by atoms with E-state index < -0.39 is 23.4 Å².